The van der Waals surface area contributed by atoms with E-state index in [-0.39, 0.29) is 5.78 Å². The molecule has 3 N–H and O–H groups in total. The van der Waals surface area contributed by atoms with E-state index >= 15 is 0 Å². The number of hydrogen-bond acceptors (Lipinski definition) is 2. The average molecular weight is 285 g/mol. The Bertz CT molecular complexity index is 820. The molecule has 4 heteroatoms. The van der Waals surface area contributed by atoms with Gasteiger partial charge in [0.05, 0.1) is 10.6 Å². The number of para-hydroxylation sites is 1. The normalized spacial score (nSPS) is 10.9. The van der Waals surface area contributed by atoms with Crippen LogP contribution in [0.1, 0.15) is 21.6 Å². The summed E-state index contributed by atoms with van der Waals surface area (Å²) in [4.78, 5) is 16.0. The number of H-pyrrole nitrogens is 1. The largest absolute Gasteiger partial charge is 0.399 e. The Hall–Kier alpha value is -2.26. The number of carbonyl (C=O) groups excluding carboxylic acids is 1. The second kappa shape index (κ2) is 4.69. The molecule has 0 unspecified atom stereocenters. The first kappa shape index (κ1) is 12.8. The first-order chi connectivity index (χ1) is 9.58. The number of fused-ring (bicyclic) bond motifs is 1. The summed E-state index contributed by atoms with van der Waals surface area (Å²) in [6.45, 7) is 1.88. The summed E-state index contributed by atoms with van der Waals surface area (Å²) in [7, 11) is 0. The van der Waals surface area contributed by atoms with E-state index in [1.807, 2.05) is 31.2 Å². The van der Waals surface area contributed by atoms with E-state index < -0.39 is 0 Å². The standard InChI is InChI=1S/C16H13ClN2O/c1-9-15(11-4-2-3-5-14(11)19-9)16(20)12-8-10(18)6-7-13(12)17/h2-8,19H,18H2,1H3. The molecule has 0 aliphatic rings. The molecule has 2 aromatic carbocycles. The molecule has 3 aromatic rings. The number of carbonyl (C=O) groups is 1. The summed E-state index contributed by atoms with van der Waals surface area (Å²) in [5, 5.41) is 1.31. The van der Waals surface area contributed by atoms with E-state index in [1.165, 1.54) is 0 Å². The second-order valence-corrected chi connectivity index (χ2v) is 5.15. The fourth-order valence-corrected chi connectivity index (χ4v) is 2.62. The van der Waals surface area contributed by atoms with Gasteiger partial charge in [-0.1, -0.05) is 29.8 Å². The first-order valence-corrected chi connectivity index (χ1v) is 6.63. The van der Waals surface area contributed by atoms with Gasteiger partial charge in [-0.15, -0.1) is 0 Å². The third-order valence-corrected chi connectivity index (χ3v) is 3.69. The van der Waals surface area contributed by atoms with E-state index in [1.54, 1.807) is 18.2 Å². The van der Waals surface area contributed by atoms with Gasteiger partial charge in [0.25, 0.3) is 0 Å². The van der Waals surface area contributed by atoms with Crippen LogP contribution in [0.2, 0.25) is 5.02 Å². The van der Waals surface area contributed by atoms with Crippen molar-refractivity contribution >= 4 is 34.0 Å². The summed E-state index contributed by atoms with van der Waals surface area (Å²) in [6, 6.07) is 12.7. The number of ketones is 1. The van der Waals surface area contributed by atoms with Crippen molar-refractivity contribution in [2.45, 2.75) is 6.92 Å². The Labute approximate surface area is 121 Å². The van der Waals surface area contributed by atoms with E-state index in [9.17, 15) is 4.79 Å². The van der Waals surface area contributed by atoms with Crippen molar-refractivity contribution in [3.63, 3.8) is 0 Å². The molecular formula is C16H13ClN2O. The quantitative estimate of drug-likeness (QED) is 0.553. The van der Waals surface area contributed by atoms with Crippen molar-refractivity contribution in [3.8, 4) is 0 Å². The Morgan fingerprint density at radius 3 is 2.75 bits per heavy atom. The number of aromatic nitrogens is 1. The molecule has 0 aliphatic carbocycles. The Balaban J connectivity index is 2.22. The topological polar surface area (TPSA) is 58.9 Å². The molecular weight excluding hydrogens is 272 g/mol. The van der Waals surface area contributed by atoms with Crippen LogP contribution in [0.15, 0.2) is 42.5 Å². The third kappa shape index (κ3) is 1.96. The predicted molar refractivity (Wildman–Crippen MR) is 82.3 cm³/mol. The van der Waals surface area contributed by atoms with Crippen LogP contribution in [0.3, 0.4) is 0 Å². The molecule has 0 atom stereocenters. The van der Waals surface area contributed by atoms with Crippen LogP contribution in [0, 0.1) is 6.92 Å². The van der Waals surface area contributed by atoms with Crippen LogP contribution >= 0.6 is 11.6 Å². The lowest BCUT2D eigenvalue weighted by Crippen LogP contribution is -2.04. The van der Waals surface area contributed by atoms with Crippen LogP contribution in [-0.4, -0.2) is 10.8 Å². The van der Waals surface area contributed by atoms with Gasteiger partial charge < -0.3 is 10.7 Å². The summed E-state index contributed by atoms with van der Waals surface area (Å²) in [5.74, 6) is -0.114. The molecule has 20 heavy (non-hydrogen) atoms. The molecule has 100 valence electrons. The number of rotatable bonds is 2. The number of nitrogens with one attached hydrogen (secondary N) is 1. The number of anilines is 1. The molecule has 0 saturated carbocycles. The zero-order valence-electron chi connectivity index (χ0n) is 10.9. The van der Waals surface area contributed by atoms with Gasteiger partial charge in [-0.05, 0) is 31.2 Å². The summed E-state index contributed by atoms with van der Waals surface area (Å²) in [5.41, 5.74) is 9.12. The minimum absolute atomic E-state index is 0.114. The molecule has 3 rings (SSSR count). The SMILES string of the molecule is Cc1[nH]c2ccccc2c1C(=O)c1cc(N)ccc1Cl. The zero-order chi connectivity index (χ0) is 14.3. The highest BCUT2D eigenvalue weighted by atomic mass is 35.5. The first-order valence-electron chi connectivity index (χ1n) is 6.25. The summed E-state index contributed by atoms with van der Waals surface area (Å²) >= 11 is 6.12. The number of nitrogen functional groups attached to an aromatic ring is 1. The molecule has 0 radical (unpaired) electrons. The molecule has 1 aromatic heterocycles. The molecule has 1 heterocycles. The highest BCUT2D eigenvalue weighted by Crippen LogP contribution is 2.28. The molecule has 3 nitrogen and oxygen atoms in total. The Morgan fingerprint density at radius 1 is 1.20 bits per heavy atom. The van der Waals surface area contributed by atoms with Gasteiger partial charge in [0, 0.05) is 27.8 Å². The van der Waals surface area contributed by atoms with Crippen LogP contribution in [0.5, 0.6) is 0 Å². The van der Waals surface area contributed by atoms with Crippen LogP contribution in [-0.2, 0) is 0 Å². The van der Waals surface area contributed by atoms with Crippen molar-refractivity contribution in [3.05, 3.63) is 64.3 Å². The van der Waals surface area contributed by atoms with Gasteiger partial charge in [-0.25, -0.2) is 0 Å². The number of aryl methyl sites for hydroxylation is 1. The van der Waals surface area contributed by atoms with Crippen molar-refractivity contribution in [2.75, 3.05) is 5.73 Å². The maximum absolute atomic E-state index is 12.8. The van der Waals surface area contributed by atoms with E-state index in [2.05, 4.69) is 4.98 Å². The monoisotopic (exact) mass is 284 g/mol. The second-order valence-electron chi connectivity index (χ2n) is 4.74. The highest BCUT2D eigenvalue weighted by Gasteiger charge is 2.19. The van der Waals surface area contributed by atoms with Crippen LogP contribution in [0.25, 0.3) is 10.9 Å². The fraction of sp³-hybridized carbons (Fsp3) is 0.0625. The van der Waals surface area contributed by atoms with Crippen LogP contribution < -0.4 is 5.73 Å². The van der Waals surface area contributed by atoms with E-state index in [4.69, 9.17) is 17.3 Å². The maximum atomic E-state index is 12.8. The predicted octanol–water partition coefficient (Wildman–Crippen LogP) is 3.94. The van der Waals surface area contributed by atoms with E-state index in [0.717, 1.165) is 16.6 Å². The third-order valence-electron chi connectivity index (χ3n) is 3.36. The maximum Gasteiger partial charge on any atom is 0.197 e. The number of benzene rings is 2. The number of hydrogen-bond donors (Lipinski definition) is 2. The van der Waals surface area contributed by atoms with Crippen molar-refractivity contribution < 1.29 is 4.79 Å². The van der Waals surface area contributed by atoms with Crippen molar-refractivity contribution in [1.82, 2.24) is 4.98 Å². The van der Waals surface area contributed by atoms with Gasteiger partial charge in [0.1, 0.15) is 0 Å². The zero-order valence-corrected chi connectivity index (χ0v) is 11.7. The van der Waals surface area contributed by atoms with Gasteiger partial charge in [-0.2, -0.15) is 0 Å². The Kier molecular flexibility index (Phi) is 2.99. The lowest BCUT2D eigenvalue weighted by atomic mass is 10.00. The molecule has 0 saturated heterocycles. The molecule has 0 spiro atoms. The number of aromatic amines is 1. The van der Waals surface area contributed by atoms with Gasteiger partial charge in [0.15, 0.2) is 5.78 Å². The van der Waals surface area contributed by atoms with Crippen molar-refractivity contribution in [2.24, 2.45) is 0 Å². The Morgan fingerprint density at radius 2 is 1.95 bits per heavy atom. The summed E-state index contributed by atoms with van der Waals surface area (Å²) in [6.07, 6.45) is 0. The lowest BCUT2D eigenvalue weighted by Gasteiger charge is -2.05. The minimum Gasteiger partial charge on any atom is -0.399 e. The molecule has 0 amide bonds. The number of nitrogens with two attached hydrogens (primary N) is 1. The lowest BCUT2D eigenvalue weighted by molar-refractivity contribution is 0.104. The van der Waals surface area contributed by atoms with E-state index in [0.29, 0.717) is 21.8 Å². The smallest absolute Gasteiger partial charge is 0.197 e. The minimum atomic E-state index is -0.114. The molecule has 0 fully saturated rings. The average Bonchev–Trinajstić information content (AvgIpc) is 2.76. The van der Waals surface area contributed by atoms with Gasteiger partial charge in [0.2, 0.25) is 0 Å². The van der Waals surface area contributed by atoms with Gasteiger partial charge in [-0.3, -0.25) is 4.79 Å². The fourth-order valence-electron chi connectivity index (χ4n) is 2.42. The number of halogens is 1. The van der Waals surface area contributed by atoms with Gasteiger partial charge >= 0.3 is 0 Å². The van der Waals surface area contributed by atoms with Crippen LogP contribution in [0.4, 0.5) is 5.69 Å². The highest BCUT2D eigenvalue weighted by molar-refractivity contribution is 6.35. The molecule has 0 bridgehead atoms. The van der Waals surface area contributed by atoms with Crippen molar-refractivity contribution in [1.29, 1.82) is 0 Å². The summed E-state index contributed by atoms with van der Waals surface area (Å²) < 4.78 is 0. The molecule has 0 aliphatic heterocycles.